The van der Waals surface area contributed by atoms with Gasteiger partial charge in [-0.3, -0.25) is 24.1 Å². The molecule has 2 aliphatic heterocycles. The second-order valence-corrected chi connectivity index (χ2v) is 9.06. The summed E-state index contributed by atoms with van der Waals surface area (Å²) in [5.41, 5.74) is 0.312. The fourth-order valence-corrected chi connectivity index (χ4v) is 4.44. The molecule has 2 N–H and O–H groups in total. The number of benzene rings is 1. The van der Waals surface area contributed by atoms with E-state index in [1.54, 1.807) is 32.0 Å². The maximum absolute atomic E-state index is 13.1. The zero-order valence-electron chi connectivity index (χ0n) is 19.5. The van der Waals surface area contributed by atoms with Gasteiger partial charge in [0.25, 0.3) is 5.91 Å². The molecule has 2 saturated heterocycles. The van der Waals surface area contributed by atoms with Crippen LogP contribution in [0.2, 0.25) is 0 Å². The van der Waals surface area contributed by atoms with Crippen molar-refractivity contribution >= 4 is 40.0 Å². The molecule has 0 aromatic heterocycles. The Morgan fingerprint density at radius 3 is 2.23 bits per heavy atom. The van der Waals surface area contributed by atoms with Crippen LogP contribution in [0.15, 0.2) is 30.3 Å². The van der Waals surface area contributed by atoms with Crippen LogP contribution in [-0.4, -0.2) is 88.5 Å². The molecule has 0 spiro atoms. The number of nitrogens with one attached hydrogen (secondary N) is 2. The molecular weight excluding hydrogens is 493 g/mol. The Bertz CT molecular complexity index is 1120. The first-order valence-electron chi connectivity index (χ1n) is 10.5. The van der Waals surface area contributed by atoms with Crippen LogP contribution in [0.5, 0.6) is 0 Å². The van der Waals surface area contributed by atoms with E-state index in [4.69, 9.17) is 0 Å². The van der Waals surface area contributed by atoms with Gasteiger partial charge in [-0.1, -0.05) is 37.3 Å². The average molecular weight is 517 g/mol. The van der Waals surface area contributed by atoms with Gasteiger partial charge in [-0.05, 0) is 18.9 Å². The Balaban J connectivity index is 0.00000432. The minimum absolute atomic E-state index is 0. The van der Waals surface area contributed by atoms with E-state index in [-0.39, 0.29) is 40.4 Å². The Hall–Kier alpha value is -2.52. The molecule has 184 valence electrons. The molecule has 35 heavy (non-hydrogen) atoms. The minimum Gasteiger partial charge on any atom is -0.731 e. The number of carbonyl (C=O) groups is 5. The van der Waals surface area contributed by atoms with Gasteiger partial charge in [-0.2, -0.15) is 0 Å². The maximum atomic E-state index is 13.1. The molecule has 0 bridgehead atoms. The zero-order chi connectivity index (χ0) is 25.2. The van der Waals surface area contributed by atoms with Gasteiger partial charge in [0.05, 0.1) is 12.6 Å². The van der Waals surface area contributed by atoms with Gasteiger partial charge in [0.15, 0.2) is 10.3 Å². The van der Waals surface area contributed by atoms with Gasteiger partial charge in [0, 0.05) is 13.1 Å². The van der Waals surface area contributed by atoms with E-state index in [9.17, 15) is 36.9 Å². The molecule has 0 saturated carbocycles. The third-order valence-electron chi connectivity index (χ3n) is 5.70. The van der Waals surface area contributed by atoms with Gasteiger partial charge in [-0.25, -0.2) is 17.5 Å². The Labute approximate surface area is 224 Å². The van der Waals surface area contributed by atoms with E-state index < -0.39 is 64.6 Å². The molecule has 2 heterocycles. The number of rotatable bonds is 7. The first-order chi connectivity index (χ1) is 16.0. The molecule has 1 aromatic rings. The van der Waals surface area contributed by atoms with Crippen LogP contribution in [0.4, 0.5) is 4.79 Å². The smallest absolute Gasteiger partial charge is 0.731 e. The fraction of sp³-hybridized carbons (Fsp3) is 0.450. The summed E-state index contributed by atoms with van der Waals surface area (Å²) in [5, 5.41) is 4.75. The largest absolute Gasteiger partial charge is 1.00 e. The first kappa shape index (κ1) is 28.7. The van der Waals surface area contributed by atoms with Crippen LogP contribution in [0.3, 0.4) is 0 Å². The normalized spacial score (nSPS) is 21.1. The molecule has 3 rings (SSSR count). The number of urea groups is 1. The van der Waals surface area contributed by atoms with Crippen LogP contribution in [0.1, 0.15) is 31.9 Å². The second-order valence-electron chi connectivity index (χ2n) is 7.76. The summed E-state index contributed by atoms with van der Waals surface area (Å²) >= 11 is 0. The zero-order valence-corrected chi connectivity index (χ0v) is 22.3. The molecule has 2 fully saturated rings. The van der Waals surface area contributed by atoms with Gasteiger partial charge in [0.2, 0.25) is 5.91 Å². The standard InChI is InChI=1S/C20H25N5O8S.Na/c1-3-13-10-23(4-2)18(28)19(29)25(13)20(30)22-15(12-8-6-5-7-9-12)16(26)21-14-11-24(17(14)27)34(31,32)33;/h5-9,13-15H,3-4,10-11H2,1-2H3,(H,21,26)(H,22,30)(H,31,32,33);/q;+1/p-1/t13-,14?,15-;/m1./s1. The van der Waals surface area contributed by atoms with E-state index in [1.807, 2.05) is 0 Å². The van der Waals surface area contributed by atoms with Crippen LogP contribution >= 0.6 is 0 Å². The number of hydrogen-bond donors (Lipinski definition) is 2. The van der Waals surface area contributed by atoms with Crippen molar-refractivity contribution in [3.63, 3.8) is 0 Å². The summed E-state index contributed by atoms with van der Waals surface area (Å²) < 4.78 is 33.1. The number of β-lactam (4-membered cyclic amide) rings is 1. The summed E-state index contributed by atoms with van der Waals surface area (Å²) in [6.45, 7) is 3.39. The molecule has 6 amide bonds. The van der Waals surface area contributed by atoms with Crippen LogP contribution in [-0.2, 0) is 29.5 Å². The number of hydrogen-bond acceptors (Lipinski definition) is 8. The molecule has 1 aromatic carbocycles. The SMILES string of the molecule is CC[C@@H]1CN(CC)C(=O)C(=O)N1C(=O)N[C@@H](C(=O)NC1CN(S(=O)(=O)[O-])C1=O)c1ccccc1.[Na+]. The third-order valence-corrected chi connectivity index (χ3v) is 6.57. The van der Waals surface area contributed by atoms with Crippen molar-refractivity contribution < 1.29 is 66.5 Å². The maximum Gasteiger partial charge on any atom is 1.00 e. The van der Waals surface area contributed by atoms with Crippen LogP contribution < -0.4 is 40.2 Å². The number of carbonyl (C=O) groups excluding carboxylic acids is 5. The van der Waals surface area contributed by atoms with Crippen molar-refractivity contribution in [1.82, 2.24) is 24.7 Å². The monoisotopic (exact) mass is 517 g/mol. The van der Waals surface area contributed by atoms with Crippen molar-refractivity contribution in [3.05, 3.63) is 35.9 Å². The quantitative estimate of drug-likeness (QED) is 0.158. The molecule has 3 atom stereocenters. The molecular formula is C20H24N5NaO8S. The first-order valence-corrected chi connectivity index (χ1v) is 11.9. The predicted molar refractivity (Wildman–Crippen MR) is 114 cm³/mol. The number of likely N-dealkylation sites (N-methyl/N-ethyl adjacent to an activating group) is 1. The number of nitrogens with zero attached hydrogens (tertiary/aromatic N) is 3. The number of amides is 6. The predicted octanol–water partition coefficient (Wildman–Crippen LogP) is -4.30. The van der Waals surface area contributed by atoms with Crippen molar-refractivity contribution in [2.75, 3.05) is 19.6 Å². The van der Waals surface area contributed by atoms with E-state index >= 15 is 0 Å². The molecule has 15 heteroatoms. The fourth-order valence-electron chi connectivity index (χ4n) is 3.76. The van der Waals surface area contributed by atoms with E-state index in [2.05, 4.69) is 10.6 Å². The van der Waals surface area contributed by atoms with Crippen LogP contribution in [0, 0.1) is 0 Å². The molecule has 2 aliphatic rings. The third kappa shape index (κ3) is 6.01. The number of imide groups is 1. The minimum atomic E-state index is -4.98. The summed E-state index contributed by atoms with van der Waals surface area (Å²) in [6.07, 6.45) is 0.376. The Morgan fingerprint density at radius 1 is 1.09 bits per heavy atom. The summed E-state index contributed by atoms with van der Waals surface area (Å²) in [5.74, 6) is -3.80. The topological polar surface area (TPSA) is 176 Å². The molecule has 0 radical (unpaired) electrons. The van der Waals surface area contributed by atoms with Crippen molar-refractivity contribution in [3.8, 4) is 0 Å². The summed E-state index contributed by atoms with van der Waals surface area (Å²) in [6, 6.07) is 3.73. The van der Waals surface area contributed by atoms with E-state index in [1.165, 1.54) is 17.0 Å². The average Bonchev–Trinajstić information content (AvgIpc) is 2.80. The Morgan fingerprint density at radius 2 is 1.71 bits per heavy atom. The van der Waals surface area contributed by atoms with Crippen molar-refractivity contribution in [2.45, 2.75) is 38.4 Å². The van der Waals surface area contributed by atoms with Crippen molar-refractivity contribution in [1.29, 1.82) is 0 Å². The second kappa shape index (κ2) is 11.5. The van der Waals surface area contributed by atoms with Gasteiger partial charge in [-0.15, -0.1) is 0 Å². The van der Waals surface area contributed by atoms with E-state index in [0.29, 0.717) is 18.5 Å². The summed E-state index contributed by atoms with van der Waals surface area (Å²) in [7, 11) is -4.98. The molecule has 13 nitrogen and oxygen atoms in total. The van der Waals surface area contributed by atoms with Crippen LogP contribution in [0.25, 0.3) is 0 Å². The Kier molecular flexibility index (Phi) is 9.42. The van der Waals surface area contributed by atoms with Crippen molar-refractivity contribution in [2.24, 2.45) is 0 Å². The van der Waals surface area contributed by atoms with Gasteiger partial charge in [0.1, 0.15) is 12.1 Å². The molecule has 0 aliphatic carbocycles. The molecule has 1 unspecified atom stereocenters. The van der Waals surface area contributed by atoms with E-state index in [0.717, 1.165) is 4.90 Å². The summed E-state index contributed by atoms with van der Waals surface area (Å²) in [4.78, 5) is 65.1. The van der Waals surface area contributed by atoms with Gasteiger partial charge < -0.3 is 20.1 Å². The number of piperazine rings is 1. The van der Waals surface area contributed by atoms with Gasteiger partial charge >= 0.3 is 47.4 Å².